The Bertz CT molecular complexity index is 661. The van der Waals surface area contributed by atoms with Crippen molar-refractivity contribution in [2.75, 3.05) is 13.2 Å². The molecule has 142 valence electrons. The van der Waals surface area contributed by atoms with E-state index >= 15 is 0 Å². The largest absolute Gasteiger partial charge is 0.364 e. The highest BCUT2D eigenvalue weighted by Crippen LogP contribution is 2.21. The molecule has 0 aliphatic heterocycles. The Labute approximate surface area is 150 Å². The predicted octanol–water partition coefficient (Wildman–Crippen LogP) is 3.33. The van der Waals surface area contributed by atoms with Crippen LogP contribution in [0.15, 0.2) is 12.1 Å². The van der Waals surface area contributed by atoms with Crippen LogP contribution >= 0.6 is 0 Å². The van der Waals surface area contributed by atoms with Gasteiger partial charge in [-0.25, -0.2) is 0 Å². The lowest BCUT2D eigenvalue weighted by atomic mass is 10.2. The third-order valence-corrected chi connectivity index (χ3v) is 4.19. The number of H-pyrrole nitrogens is 1. The third kappa shape index (κ3) is 5.71. The van der Waals surface area contributed by atoms with Gasteiger partial charge >= 0.3 is 0 Å². The Morgan fingerprint density at radius 2 is 1.48 bits per heavy atom. The van der Waals surface area contributed by atoms with Gasteiger partial charge in [0.25, 0.3) is 0 Å². The van der Waals surface area contributed by atoms with E-state index in [1.165, 1.54) is 0 Å². The van der Waals surface area contributed by atoms with E-state index in [1.54, 1.807) is 0 Å². The maximum atomic E-state index is 9.60. The highest BCUT2D eigenvalue weighted by molar-refractivity contribution is 5.27. The normalized spacial score (nSPS) is 13.3. The van der Waals surface area contributed by atoms with Crippen LogP contribution in [-0.2, 0) is 16.5 Å². The topological polar surface area (TPSA) is 79.6 Å². The number of aromatic nitrogens is 2. The molecular formula is C19H32N2O4. The smallest absolute Gasteiger partial charge is 0.182 e. The van der Waals surface area contributed by atoms with Crippen molar-refractivity contribution in [3.05, 3.63) is 46.0 Å². The Morgan fingerprint density at radius 1 is 0.960 bits per heavy atom. The van der Waals surface area contributed by atoms with Gasteiger partial charge in [0.1, 0.15) is 0 Å². The molecule has 2 rings (SSSR count). The average Bonchev–Trinajstić information content (AvgIpc) is 3.02. The van der Waals surface area contributed by atoms with Crippen LogP contribution in [0.5, 0.6) is 0 Å². The first-order valence-electron chi connectivity index (χ1n) is 8.61. The van der Waals surface area contributed by atoms with E-state index in [2.05, 4.69) is 4.98 Å². The van der Waals surface area contributed by atoms with E-state index in [0.717, 1.165) is 33.9 Å². The summed E-state index contributed by atoms with van der Waals surface area (Å²) in [7, 11) is 1.98. The molecule has 0 bridgehead atoms. The second-order valence-corrected chi connectivity index (χ2v) is 6.03. The number of hydrogen-bond acceptors (Lipinski definition) is 4. The number of aromatic amines is 1. The van der Waals surface area contributed by atoms with Gasteiger partial charge in [0.15, 0.2) is 12.6 Å². The highest BCUT2D eigenvalue weighted by Gasteiger charge is 2.14. The van der Waals surface area contributed by atoms with Crippen molar-refractivity contribution in [1.82, 2.24) is 9.55 Å². The summed E-state index contributed by atoms with van der Waals surface area (Å²) in [6, 6.07) is 3.85. The van der Waals surface area contributed by atoms with Crippen molar-refractivity contribution >= 4 is 0 Å². The van der Waals surface area contributed by atoms with E-state index in [0.29, 0.717) is 13.2 Å². The molecule has 0 fully saturated rings. The predicted molar refractivity (Wildman–Crippen MR) is 98.3 cm³/mol. The number of rotatable bonds is 6. The fraction of sp³-hybridized carbons (Fsp3) is 0.579. The summed E-state index contributed by atoms with van der Waals surface area (Å²) in [6.07, 6.45) is -1.58. The van der Waals surface area contributed by atoms with Crippen LogP contribution in [0, 0.1) is 27.7 Å². The second-order valence-electron chi connectivity index (χ2n) is 6.03. The van der Waals surface area contributed by atoms with Crippen molar-refractivity contribution < 1.29 is 19.7 Å². The summed E-state index contributed by atoms with van der Waals surface area (Å²) in [5, 5.41) is 19.1. The van der Waals surface area contributed by atoms with Crippen molar-refractivity contribution in [2.24, 2.45) is 7.05 Å². The molecule has 0 saturated heterocycles. The van der Waals surface area contributed by atoms with Crippen LogP contribution in [0.2, 0.25) is 0 Å². The molecule has 0 aromatic carbocycles. The molecule has 0 aliphatic carbocycles. The van der Waals surface area contributed by atoms with Gasteiger partial charge in [-0.3, -0.25) is 0 Å². The maximum Gasteiger partial charge on any atom is 0.182 e. The molecule has 3 N–H and O–H groups in total. The summed E-state index contributed by atoms with van der Waals surface area (Å²) in [4.78, 5) is 3.11. The molecule has 0 amide bonds. The van der Waals surface area contributed by atoms with Crippen molar-refractivity contribution in [3.8, 4) is 0 Å². The number of aliphatic hydroxyl groups excluding tert-OH is 2. The lowest BCUT2D eigenvalue weighted by Gasteiger charge is -2.10. The minimum atomic E-state index is -0.792. The molecular weight excluding hydrogens is 320 g/mol. The van der Waals surface area contributed by atoms with Crippen molar-refractivity contribution in [1.29, 1.82) is 0 Å². The number of nitrogens with zero attached hydrogens (tertiary/aromatic N) is 1. The molecule has 6 heteroatoms. The monoisotopic (exact) mass is 352 g/mol. The van der Waals surface area contributed by atoms with Gasteiger partial charge in [-0.1, -0.05) is 0 Å². The summed E-state index contributed by atoms with van der Waals surface area (Å²) >= 11 is 0. The number of aliphatic hydroxyl groups is 2. The number of hydrogen-bond donors (Lipinski definition) is 3. The summed E-state index contributed by atoms with van der Waals surface area (Å²) in [6.45, 7) is 12.6. The minimum Gasteiger partial charge on any atom is -0.364 e. The second kappa shape index (κ2) is 9.77. The first kappa shape index (κ1) is 21.4. The van der Waals surface area contributed by atoms with Crippen molar-refractivity contribution in [3.63, 3.8) is 0 Å². The molecule has 6 nitrogen and oxygen atoms in total. The third-order valence-electron chi connectivity index (χ3n) is 4.19. The molecule has 25 heavy (non-hydrogen) atoms. The first-order valence-corrected chi connectivity index (χ1v) is 8.61. The fourth-order valence-electron chi connectivity index (χ4n) is 2.63. The molecule has 0 radical (unpaired) electrons. The molecule has 2 unspecified atom stereocenters. The number of aryl methyl sites for hydroxylation is 3. The SMILES string of the molecule is CCOC(O)c1cc(C)[nH]c1C.CCOC(O)c1cc(C)n(C)c1C. The van der Waals surface area contributed by atoms with Gasteiger partial charge in [0.05, 0.1) is 0 Å². The Hall–Kier alpha value is -1.60. The quantitative estimate of drug-likeness (QED) is 0.697. The van der Waals surface area contributed by atoms with Crippen molar-refractivity contribution in [2.45, 2.75) is 54.1 Å². The van der Waals surface area contributed by atoms with Crippen LogP contribution in [0.25, 0.3) is 0 Å². The summed E-state index contributed by atoms with van der Waals surface area (Å²) in [5.74, 6) is 0. The summed E-state index contributed by atoms with van der Waals surface area (Å²) < 4.78 is 12.2. The van der Waals surface area contributed by atoms with Gasteiger partial charge in [-0.15, -0.1) is 0 Å². The average molecular weight is 352 g/mol. The molecule has 2 heterocycles. The van der Waals surface area contributed by atoms with Crippen LogP contribution < -0.4 is 0 Å². The lowest BCUT2D eigenvalue weighted by Crippen LogP contribution is -2.04. The zero-order valence-corrected chi connectivity index (χ0v) is 16.4. The molecule has 0 spiro atoms. The van der Waals surface area contributed by atoms with Gasteiger partial charge in [0.2, 0.25) is 0 Å². The van der Waals surface area contributed by atoms with Gasteiger partial charge in [-0.2, -0.15) is 0 Å². The minimum absolute atomic E-state index is 0.519. The van der Waals surface area contributed by atoms with Crippen LogP contribution in [0.1, 0.15) is 60.3 Å². The molecule has 2 atom stereocenters. The van der Waals surface area contributed by atoms with Gasteiger partial charge in [-0.05, 0) is 53.7 Å². The molecule has 0 saturated carbocycles. The van der Waals surface area contributed by atoms with E-state index in [4.69, 9.17) is 9.47 Å². The lowest BCUT2D eigenvalue weighted by molar-refractivity contribution is -0.0986. The van der Waals surface area contributed by atoms with E-state index in [9.17, 15) is 10.2 Å². The zero-order chi connectivity index (χ0) is 19.1. The zero-order valence-electron chi connectivity index (χ0n) is 16.4. The molecule has 0 aliphatic rings. The van der Waals surface area contributed by atoms with E-state index < -0.39 is 12.6 Å². The van der Waals surface area contributed by atoms with E-state index in [-0.39, 0.29) is 0 Å². The molecule has 2 aromatic rings. The van der Waals surface area contributed by atoms with Crippen LogP contribution in [0.3, 0.4) is 0 Å². The van der Waals surface area contributed by atoms with Crippen LogP contribution in [0.4, 0.5) is 0 Å². The first-order chi connectivity index (χ1) is 11.7. The van der Waals surface area contributed by atoms with Gasteiger partial charge in [0, 0.05) is 54.2 Å². The number of nitrogens with one attached hydrogen (secondary N) is 1. The van der Waals surface area contributed by atoms with E-state index in [1.807, 2.05) is 65.3 Å². The molecule has 2 aromatic heterocycles. The summed E-state index contributed by atoms with van der Waals surface area (Å²) in [5.41, 5.74) is 5.88. The highest BCUT2D eigenvalue weighted by atomic mass is 16.6. The Kier molecular flexibility index (Phi) is 8.38. The maximum absolute atomic E-state index is 9.60. The Morgan fingerprint density at radius 3 is 1.84 bits per heavy atom. The number of ether oxygens (including phenoxy) is 2. The van der Waals surface area contributed by atoms with Gasteiger partial charge < -0.3 is 29.2 Å². The fourth-order valence-corrected chi connectivity index (χ4v) is 2.63. The standard InChI is InChI=1S/C10H17NO2.C9H15NO2/c1-5-13-10(12)9-6-7(2)11(4)8(9)3;1-4-12-9(11)8-5-6(2)10-7(8)3/h6,10,12H,5H2,1-4H3;5,9-11H,4H2,1-3H3. The van der Waals surface area contributed by atoms with Crippen LogP contribution in [-0.4, -0.2) is 33.0 Å². The Balaban J connectivity index is 0.000000251.